The van der Waals surface area contributed by atoms with E-state index in [9.17, 15) is 0 Å². The Bertz CT molecular complexity index is 192. The highest BCUT2D eigenvalue weighted by molar-refractivity contribution is 4.81. The average Bonchev–Trinajstić information content (AvgIpc) is 2.75. The molecule has 2 rings (SSSR count). The van der Waals surface area contributed by atoms with E-state index in [1.165, 1.54) is 45.2 Å². The lowest BCUT2D eigenvalue weighted by molar-refractivity contribution is 0.0356. The first-order valence-electron chi connectivity index (χ1n) is 6.83. The molecule has 0 amide bonds. The molecule has 3 nitrogen and oxygen atoms in total. The third kappa shape index (κ3) is 3.44. The van der Waals surface area contributed by atoms with Gasteiger partial charge in [0, 0.05) is 25.8 Å². The number of aliphatic hydroxyl groups is 1. The van der Waals surface area contributed by atoms with Gasteiger partial charge in [0.25, 0.3) is 0 Å². The van der Waals surface area contributed by atoms with Crippen LogP contribution in [-0.2, 0) is 4.74 Å². The summed E-state index contributed by atoms with van der Waals surface area (Å²) in [5.41, 5.74) is 0. The number of nitrogens with zero attached hydrogens (tertiary/aromatic N) is 1. The minimum absolute atomic E-state index is 0.344. The van der Waals surface area contributed by atoms with Crippen LogP contribution in [0, 0.1) is 5.92 Å². The third-order valence-electron chi connectivity index (χ3n) is 3.94. The topological polar surface area (TPSA) is 32.7 Å². The maximum atomic E-state index is 8.90. The van der Waals surface area contributed by atoms with Crippen molar-refractivity contribution in [1.29, 1.82) is 0 Å². The van der Waals surface area contributed by atoms with Crippen molar-refractivity contribution in [3.05, 3.63) is 0 Å². The molecule has 94 valence electrons. The normalized spacial score (nSPS) is 32.1. The zero-order valence-electron chi connectivity index (χ0n) is 10.2. The second-order valence-corrected chi connectivity index (χ2v) is 5.24. The molecule has 0 aromatic rings. The Morgan fingerprint density at radius 3 is 2.94 bits per heavy atom. The molecule has 3 heteroatoms. The number of aliphatic hydroxyl groups excluding tert-OH is 1. The summed E-state index contributed by atoms with van der Waals surface area (Å²) in [6.07, 6.45) is 7.37. The van der Waals surface area contributed by atoms with Gasteiger partial charge >= 0.3 is 0 Å². The van der Waals surface area contributed by atoms with E-state index in [-0.39, 0.29) is 0 Å². The number of hydrogen-bond acceptors (Lipinski definition) is 3. The minimum atomic E-state index is 0.344. The second kappa shape index (κ2) is 6.58. The molecule has 0 bridgehead atoms. The summed E-state index contributed by atoms with van der Waals surface area (Å²) in [6.45, 7) is 4.74. The van der Waals surface area contributed by atoms with Gasteiger partial charge in [-0.1, -0.05) is 0 Å². The highest BCUT2D eigenvalue weighted by atomic mass is 16.5. The Morgan fingerprint density at radius 1 is 1.25 bits per heavy atom. The quantitative estimate of drug-likeness (QED) is 0.775. The fourth-order valence-corrected chi connectivity index (χ4v) is 3.07. The highest BCUT2D eigenvalue weighted by Crippen LogP contribution is 2.24. The largest absolute Gasteiger partial charge is 0.396 e. The van der Waals surface area contributed by atoms with Gasteiger partial charge in [0.15, 0.2) is 0 Å². The van der Waals surface area contributed by atoms with Crippen molar-refractivity contribution in [2.24, 2.45) is 5.92 Å². The van der Waals surface area contributed by atoms with E-state index in [4.69, 9.17) is 9.84 Å². The first kappa shape index (κ1) is 12.3. The molecule has 2 aliphatic rings. The molecule has 2 heterocycles. The Morgan fingerprint density at radius 2 is 2.19 bits per heavy atom. The van der Waals surface area contributed by atoms with E-state index < -0.39 is 0 Å². The van der Waals surface area contributed by atoms with Crippen LogP contribution in [0.2, 0.25) is 0 Å². The van der Waals surface area contributed by atoms with Crippen LogP contribution in [0.5, 0.6) is 0 Å². The molecule has 0 radical (unpaired) electrons. The summed E-state index contributed by atoms with van der Waals surface area (Å²) in [5.74, 6) is 0.753. The molecule has 2 fully saturated rings. The van der Waals surface area contributed by atoms with Crippen molar-refractivity contribution in [3.8, 4) is 0 Å². The molecule has 16 heavy (non-hydrogen) atoms. The summed E-state index contributed by atoms with van der Waals surface area (Å²) in [5, 5.41) is 8.90. The van der Waals surface area contributed by atoms with Crippen LogP contribution in [-0.4, -0.2) is 49.0 Å². The van der Waals surface area contributed by atoms with Gasteiger partial charge in [-0.2, -0.15) is 0 Å². The van der Waals surface area contributed by atoms with Gasteiger partial charge in [-0.25, -0.2) is 0 Å². The van der Waals surface area contributed by atoms with Gasteiger partial charge < -0.3 is 14.7 Å². The van der Waals surface area contributed by atoms with Crippen LogP contribution in [0.1, 0.15) is 38.5 Å². The SMILES string of the molecule is OCCC[C@H]1CCCN1C[C@@H]1CCCOC1. The molecule has 2 saturated heterocycles. The Hall–Kier alpha value is -0.120. The van der Waals surface area contributed by atoms with Gasteiger partial charge in [-0.15, -0.1) is 0 Å². The van der Waals surface area contributed by atoms with Crippen molar-refractivity contribution >= 4 is 0 Å². The van der Waals surface area contributed by atoms with Gasteiger partial charge in [0.05, 0.1) is 6.61 Å². The van der Waals surface area contributed by atoms with Crippen LogP contribution in [0.25, 0.3) is 0 Å². The number of likely N-dealkylation sites (tertiary alicyclic amines) is 1. The van der Waals surface area contributed by atoms with Gasteiger partial charge in [-0.3, -0.25) is 0 Å². The maximum absolute atomic E-state index is 8.90. The van der Waals surface area contributed by atoms with Crippen molar-refractivity contribution in [2.45, 2.75) is 44.6 Å². The van der Waals surface area contributed by atoms with Crippen LogP contribution in [0.3, 0.4) is 0 Å². The van der Waals surface area contributed by atoms with Crippen molar-refractivity contribution in [3.63, 3.8) is 0 Å². The zero-order valence-corrected chi connectivity index (χ0v) is 10.2. The Kier molecular flexibility index (Phi) is 5.07. The fraction of sp³-hybridized carbons (Fsp3) is 1.00. The highest BCUT2D eigenvalue weighted by Gasteiger charge is 2.26. The lowest BCUT2D eigenvalue weighted by atomic mass is 10.0. The van der Waals surface area contributed by atoms with E-state index in [1.807, 2.05) is 0 Å². The molecule has 0 spiro atoms. The number of hydrogen-bond donors (Lipinski definition) is 1. The van der Waals surface area contributed by atoms with E-state index >= 15 is 0 Å². The molecule has 2 aliphatic heterocycles. The fourth-order valence-electron chi connectivity index (χ4n) is 3.07. The molecular formula is C13H25NO2. The zero-order chi connectivity index (χ0) is 11.2. The van der Waals surface area contributed by atoms with Crippen LogP contribution in [0.15, 0.2) is 0 Å². The molecular weight excluding hydrogens is 202 g/mol. The molecule has 2 atom stereocenters. The van der Waals surface area contributed by atoms with Crippen LogP contribution >= 0.6 is 0 Å². The van der Waals surface area contributed by atoms with Crippen molar-refractivity contribution in [2.75, 3.05) is 32.9 Å². The van der Waals surface area contributed by atoms with Crippen molar-refractivity contribution in [1.82, 2.24) is 4.90 Å². The molecule has 0 saturated carbocycles. The van der Waals surface area contributed by atoms with E-state index in [1.54, 1.807) is 0 Å². The lowest BCUT2D eigenvalue weighted by Gasteiger charge is -2.30. The summed E-state index contributed by atoms with van der Waals surface area (Å²) in [4.78, 5) is 2.63. The van der Waals surface area contributed by atoms with Crippen LogP contribution in [0.4, 0.5) is 0 Å². The predicted molar refractivity (Wildman–Crippen MR) is 64.5 cm³/mol. The smallest absolute Gasteiger partial charge is 0.0506 e. The second-order valence-electron chi connectivity index (χ2n) is 5.24. The molecule has 0 aliphatic carbocycles. The Balaban J connectivity index is 1.73. The lowest BCUT2D eigenvalue weighted by Crippen LogP contribution is -2.36. The predicted octanol–water partition coefficient (Wildman–Crippen LogP) is 1.65. The first-order chi connectivity index (χ1) is 7.90. The molecule has 0 unspecified atom stereocenters. The number of ether oxygens (including phenoxy) is 1. The summed E-state index contributed by atoms with van der Waals surface area (Å²) in [6, 6.07) is 0.731. The summed E-state index contributed by atoms with van der Waals surface area (Å²) < 4.78 is 5.54. The standard InChI is InChI=1S/C13H25NO2/c15-8-2-6-13-5-1-7-14(13)10-12-4-3-9-16-11-12/h12-13,15H,1-11H2/t12-,13+/m0/s1. The first-order valence-corrected chi connectivity index (χ1v) is 6.83. The van der Waals surface area contributed by atoms with E-state index in [0.29, 0.717) is 6.61 Å². The van der Waals surface area contributed by atoms with Gasteiger partial charge in [0.1, 0.15) is 0 Å². The molecule has 1 N–H and O–H groups in total. The summed E-state index contributed by atoms with van der Waals surface area (Å²) >= 11 is 0. The minimum Gasteiger partial charge on any atom is -0.396 e. The maximum Gasteiger partial charge on any atom is 0.0506 e. The van der Waals surface area contributed by atoms with Gasteiger partial charge in [0.2, 0.25) is 0 Å². The van der Waals surface area contributed by atoms with Gasteiger partial charge in [-0.05, 0) is 51.0 Å². The third-order valence-corrected chi connectivity index (χ3v) is 3.94. The average molecular weight is 227 g/mol. The molecule has 0 aromatic heterocycles. The van der Waals surface area contributed by atoms with Crippen molar-refractivity contribution < 1.29 is 9.84 Å². The van der Waals surface area contributed by atoms with E-state index in [0.717, 1.165) is 31.6 Å². The monoisotopic (exact) mass is 227 g/mol. The molecule has 0 aromatic carbocycles. The summed E-state index contributed by atoms with van der Waals surface area (Å²) in [7, 11) is 0. The Labute approximate surface area is 98.8 Å². The van der Waals surface area contributed by atoms with E-state index in [2.05, 4.69) is 4.90 Å². The number of rotatable bonds is 5. The van der Waals surface area contributed by atoms with Crippen LogP contribution < -0.4 is 0 Å².